The summed E-state index contributed by atoms with van der Waals surface area (Å²) in [5.74, 6) is 0. The van der Waals surface area contributed by atoms with Gasteiger partial charge >= 0.3 is 0 Å². The van der Waals surface area contributed by atoms with E-state index in [0.29, 0.717) is 12.2 Å². The van der Waals surface area contributed by atoms with Crippen molar-refractivity contribution in [3.05, 3.63) is 18.0 Å². The van der Waals surface area contributed by atoms with Gasteiger partial charge in [-0.1, -0.05) is 19.3 Å². The van der Waals surface area contributed by atoms with E-state index in [4.69, 9.17) is 0 Å². The highest BCUT2D eigenvalue weighted by atomic mass is 32.2. The minimum Gasteiger partial charge on any atom is -0.390 e. The fourth-order valence-electron chi connectivity index (χ4n) is 2.92. The molecule has 20 heavy (non-hydrogen) atoms. The lowest BCUT2D eigenvalue weighted by atomic mass is 9.84. The first-order valence-corrected chi connectivity index (χ1v) is 8.72. The summed E-state index contributed by atoms with van der Waals surface area (Å²) in [5, 5.41) is 9.26. The smallest absolute Gasteiger partial charge is 0.242 e. The molecular formula is C14H24N2O3S. The molecule has 1 aliphatic carbocycles. The number of nitrogens with one attached hydrogen (secondary N) is 1. The molecule has 0 aromatic carbocycles. The Bertz CT molecular complexity index is 535. The van der Waals surface area contributed by atoms with E-state index < -0.39 is 10.0 Å². The van der Waals surface area contributed by atoms with Crippen molar-refractivity contribution in [3.8, 4) is 0 Å². The number of sulfonamides is 1. The van der Waals surface area contributed by atoms with Gasteiger partial charge in [0.1, 0.15) is 0 Å². The molecule has 6 heteroatoms. The Balaban J connectivity index is 2.23. The predicted octanol–water partition coefficient (Wildman–Crippen LogP) is 2.00. The molecule has 1 aromatic rings. The van der Waals surface area contributed by atoms with Crippen molar-refractivity contribution in [2.24, 2.45) is 0 Å². The normalized spacial score (nSPS) is 19.1. The van der Waals surface area contributed by atoms with Gasteiger partial charge in [0, 0.05) is 24.0 Å². The predicted molar refractivity (Wildman–Crippen MR) is 77.8 cm³/mol. The Hall–Kier alpha value is -0.850. The second-order valence-electron chi connectivity index (χ2n) is 5.84. The maximum atomic E-state index is 12.5. The lowest BCUT2D eigenvalue weighted by Crippen LogP contribution is -2.46. The van der Waals surface area contributed by atoms with E-state index in [2.05, 4.69) is 4.72 Å². The third-order valence-electron chi connectivity index (χ3n) is 4.11. The molecule has 0 saturated heterocycles. The van der Waals surface area contributed by atoms with Gasteiger partial charge in [-0.25, -0.2) is 13.1 Å². The summed E-state index contributed by atoms with van der Waals surface area (Å²) in [5.41, 5.74) is 0.284. The van der Waals surface area contributed by atoms with Gasteiger partial charge in [-0.05, 0) is 32.8 Å². The second-order valence-corrected chi connectivity index (χ2v) is 7.52. The van der Waals surface area contributed by atoms with Crippen LogP contribution in [0.1, 0.15) is 51.6 Å². The molecule has 114 valence electrons. The third kappa shape index (κ3) is 3.24. The topological polar surface area (TPSA) is 71.3 Å². The lowest BCUT2D eigenvalue weighted by molar-refractivity contribution is 0.271. The van der Waals surface area contributed by atoms with Gasteiger partial charge in [0.25, 0.3) is 0 Å². The fraction of sp³-hybridized carbons (Fsp3) is 0.714. The Morgan fingerprint density at radius 2 is 2.00 bits per heavy atom. The molecule has 1 heterocycles. The van der Waals surface area contributed by atoms with Gasteiger partial charge < -0.3 is 9.67 Å². The average Bonchev–Trinajstić information content (AvgIpc) is 2.82. The molecule has 2 N–H and O–H groups in total. The fourth-order valence-corrected chi connectivity index (χ4v) is 4.44. The zero-order valence-electron chi connectivity index (χ0n) is 12.2. The largest absolute Gasteiger partial charge is 0.390 e. The van der Waals surface area contributed by atoms with Crippen LogP contribution in [0.2, 0.25) is 0 Å². The van der Waals surface area contributed by atoms with Crippen molar-refractivity contribution in [2.75, 3.05) is 0 Å². The number of aryl methyl sites for hydroxylation is 1. The molecule has 0 bridgehead atoms. The van der Waals surface area contributed by atoms with Gasteiger partial charge in [-0.3, -0.25) is 0 Å². The zero-order valence-corrected chi connectivity index (χ0v) is 13.0. The average molecular weight is 300 g/mol. The van der Waals surface area contributed by atoms with E-state index >= 15 is 0 Å². The summed E-state index contributed by atoms with van der Waals surface area (Å²) in [4.78, 5) is 0.246. The molecule has 0 aliphatic heterocycles. The van der Waals surface area contributed by atoms with Crippen molar-refractivity contribution in [2.45, 2.75) is 69.5 Å². The van der Waals surface area contributed by atoms with Crippen LogP contribution < -0.4 is 4.72 Å². The van der Waals surface area contributed by atoms with Crippen LogP contribution in [0.5, 0.6) is 0 Å². The van der Waals surface area contributed by atoms with Crippen molar-refractivity contribution in [1.29, 1.82) is 0 Å². The number of rotatable bonds is 5. The minimum atomic E-state index is -3.52. The SMILES string of the molecule is CCn1cc(S(=O)(=O)NC2(C)CCCCC2)cc1CO. The quantitative estimate of drug-likeness (QED) is 0.873. The molecule has 1 saturated carbocycles. The van der Waals surface area contributed by atoms with E-state index in [1.165, 1.54) is 6.42 Å². The molecule has 0 atom stereocenters. The van der Waals surface area contributed by atoms with Gasteiger partial charge in [0.05, 0.1) is 11.5 Å². The van der Waals surface area contributed by atoms with Gasteiger partial charge in [0.15, 0.2) is 0 Å². The van der Waals surface area contributed by atoms with Crippen LogP contribution in [0.4, 0.5) is 0 Å². The first-order valence-electron chi connectivity index (χ1n) is 7.24. The summed E-state index contributed by atoms with van der Waals surface area (Å²) in [6.45, 7) is 4.39. The van der Waals surface area contributed by atoms with Crippen LogP contribution in [0.25, 0.3) is 0 Å². The Morgan fingerprint density at radius 1 is 1.35 bits per heavy atom. The molecule has 0 unspecified atom stereocenters. The first-order chi connectivity index (χ1) is 9.40. The van der Waals surface area contributed by atoms with E-state index in [1.807, 2.05) is 13.8 Å². The van der Waals surface area contributed by atoms with Crippen LogP contribution in [0, 0.1) is 0 Å². The van der Waals surface area contributed by atoms with Gasteiger partial charge in [0.2, 0.25) is 10.0 Å². The maximum absolute atomic E-state index is 12.5. The molecule has 0 amide bonds. The maximum Gasteiger partial charge on any atom is 0.242 e. The number of hydrogen-bond donors (Lipinski definition) is 2. The van der Waals surface area contributed by atoms with Crippen LogP contribution in [0.3, 0.4) is 0 Å². The second kappa shape index (κ2) is 5.87. The van der Waals surface area contributed by atoms with E-state index in [0.717, 1.165) is 25.7 Å². The summed E-state index contributed by atoms with van der Waals surface area (Å²) < 4.78 is 29.6. The van der Waals surface area contributed by atoms with Crippen molar-refractivity contribution >= 4 is 10.0 Å². The molecule has 0 radical (unpaired) electrons. The molecule has 1 aromatic heterocycles. The van der Waals surface area contributed by atoms with Crippen molar-refractivity contribution < 1.29 is 13.5 Å². The van der Waals surface area contributed by atoms with Crippen molar-refractivity contribution in [1.82, 2.24) is 9.29 Å². The molecule has 1 fully saturated rings. The minimum absolute atomic E-state index is 0.152. The summed E-state index contributed by atoms with van der Waals surface area (Å²) in [6.07, 6.45) is 6.67. The van der Waals surface area contributed by atoms with E-state index in [-0.39, 0.29) is 17.0 Å². The standard InChI is InChI=1S/C14H24N2O3S/c1-3-16-10-13(9-12(16)11-17)20(18,19)15-14(2)7-5-4-6-8-14/h9-10,15,17H,3-8,11H2,1-2H3. The monoisotopic (exact) mass is 300 g/mol. The van der Waals surface area contributed by atoms with Crippen LogP contribution in [-0.4, -0.2) is 23.6 Å². The summed E-state index contributed by atoms with van der Waals surface area (Å²) >= 11 is 0. The molecular weight excluding hydrogens is 276 g/mol. The highest BCUT2D eigenvalue weighted by molar-refractivity contribution is 7.89. The zero-order chi connectivity index (χ0) is 14.8. The summed E-state index contributed by atoms with van der Waals surface area (Å²) in [7, 11) is -3.52. The number of aliphatic hydroxyl groups excluding tert-OH is 1. The Morgan fingerprint density at radius 3 is 2.50 bits per heavy atom. The number of aromatic nitrogens is 1. The molecule has 2 rings (SSSR count). The molecule has 5 nitrogen and oxygen atoms in total. The Labute approximate surface area is 121 Å². The lowest BCUT2D eigenvalue weighted by Gasteiger charge is -2.33. The number of hydrogen-bond acceptors (Lipinski definition) is 3. The Kier molecular flexibility index (Phi) is 4.56. The third-order valence-corrected chi connectivity index (χ3v) is 5.72. The van der Waals surface area contributed by atoms with E-state index in [9.17, 15) is 13.5 Å². The number of aliphatic hydroxyl groups is 1. The summed E-state index contributed by atoms with van der Waals surface area (Å²) in [6, 6.07) is 1.55. The van der Waals surface area contributed by atoms with Crippen LogP contribution in [0.15, 0.2) is 17.2 Å². The highest BCUT2D eigenvalue weighted by Gasteiger charge is 2.32. The van der Waals surface area contributed by atoms with Gasteiger partial charge in [-0.15, -0.1) is 0 Å². The number of nitrogens with zero attached hydrogens (tertiary/aromatic N) is 1. The molecule has 1 aliphatic rings. The first kappa shape index (κ1) is 15.5. The van der Waals surface area contributed by atoms with Crippen molar-refractivity contribution in [3.63, 3.8) is 0 Å². The highest BCUT2D eigenvalue weighted by Crippen LogP contribution is 2.29. The van der Waals surface area contributed by atoms with Crippen LogP contribution in [-0.2, 0) is 23.2 Å². The molecule has 0 spiro atoms. The van der Waals surface area contributed by atoms with Gasteiger partial charge in [-0.2, -0.15) is 0 Å². The van der Waals surface area contributed by atoms with E-state index in [1.54, 1.807) is 16.8 Å². The van der Waals surface area contributed by atoms with Crippen LogP contribution >= 0.6 is 0 Å².